The zero-order chi connectivity index (χ0) is 21.1. The quantitative estimate of drug-likeness (QED) is 0.369. The van der Waals surface area contributed by atoms with Gasteiger partial charge in [-0.1, -0.05) is 30.0 Å². The van der Waals surface area contributed by atoms with Gasteiger partial charge >= 0.3 is 0 Å². The smallest absolute Gasteiger partial charge is 0.267 e. The minimum atomic E-state index is -0.182. The highest BCUT2D eigenvalue weighted by molar-refractivity contribution is 8.26. The van der Waals surface area contributed by atoms with Crippen molar-refractivity contribution in [2.75, 3.05) is 49.8 Å². The van der Waals surface area contributed by atoms with Crippen LogP contribution in [0.2, 0.25) is 0 Å². The van der Waals surface area contributed by atoms with Gasteiger partial charge in [-0.15, -0.1) is 0 Å². The van der Waals surface area contributed by atoms with E-state index in [1.54, 1.807) is 30.3 Å². The molecule has 2 fully saturated rings. The molecule has 2 aromatic heterocycles. The molecular formula is C20H22N4O3S3. The van der Waals surface area contributed by atoms with Crippen LogP contribution in [0.15, 0.2) is 34.1 Å². The van der Waals surface area contributed by atoms with E-state index < -0.39 is 0 Å². The number of nitrogens with zero attached hydrogens (tertiary/aromatic N) is 4. The summed E-state index contributed by atoms with van der Waals surface area (Å²) in [6.45, 7) is 2.70. The third-order valence-electron chi connectivity index (χ3n) is 4.94. The number of methoxy groups -OCH3 is 1. The number of aromatic nitrogens is 2. The van der Waals surface area contributed by atoms with Gasteiger partial charge in [-0.3, -0.25) is 18.9 Å². The molecule has 158 valence electrons. The third-order valence-corrected chi connectivity index (χ3v) is 7.26. The fraction of sp³-hybridized carbons (Fsp3) is 0.400. The van der Waals surface area contributed by atoms with Crippen molar-refractivity contribution in [3.8, 4) is 0 Å². The maximum absolute atomic E-state index is 13.3. The highest BCUT2D eigenvalue weighted by Crippen LogP contribution is 2.33. The number of thiocarbonyl (C=S) groups is 1. The molecule has 2 aliphatic rings. The Morgan fingerprint density at radius 3 is 2.83 bits per heavy atom. The van der Waals surface area contributed by atoms with Crippen LogP contribution < -0.4 is 10.5 Å². The van der Waals surface area contributed by atoms with Crippen molar-refractivity contribution in [2.45, 2.75) is 6.42 Å². The van der Waals surface area contributed by atoms with Crippen LogP contribution in [0.4, 0.5) is 5.82 Å². The Bertz CT molecular complexity index is 1060. The summed E-state index contributed by atoms with van der Waals surface area (Å²) in [6.07, 6.45) is 4.07. The van der Waals surface area contributed by atoms with E-state index in [0.717, 1.165) is 24.6 Å². The van der Waals surface area contributed by atoms with Crippen LogP contribution in [0.5, 0.6) is 0 Å². The second-order valence-corrected chi connectivity index (χ2v) is 9.76. The van der Waals surface area contributed by atoms with Gasteiger partial charge in [-0.2, -0.15) is 11.8 Å². The average molecular weight is 463 g/mol. The Balaban J connectivity index is 1.76. The number of amides is 1. The van der Waals surface area contributed by atoms with E-state index >= 15 is 0 Å². The van der Waals surface area contributed by atoms with Crippen molar-refractivity contribution in [2.24, 2.45) is 0 Å². The van der Waals surface area contributed by atoms with Crippen LogP contribution in [0, 0.1) is 0 Å². The molecule has 4 heterocycles. The Morgan fingerprint density at radius 1 is 1.27 bits per heavy atom. The van der Waals surface area contributed by atoms with E-state index in [2.05, 4.69) is 4.90 Å². The van der Waals surface area contributed by atoms with Crippen LogP contribution in [-0.4, -0.2) is 69.4 Å². The fourth-order valence-corrected chi connectivity index (χ4v) is 5.62. The van der Waals surface area contributed by atoms with Crippen molar-refractivity contribution in [3.05, 3.63) is 45.2 Å². The number of carbonyl (C=O) groups is 1. The fourth-order valence-electron chi connectivity index (χ4n) is 3.42. The molecule has 0 radical (unpaired) electrons. The monoisotopic (exact) mass is 462 g/mol. The number of pyridine rings is 1. The molecule has 0 unspecified atom stereocenters. The van der Waals surface area contributed by atoms with Gasteiger partial charge in [0.05, 0.1) is 10.5 Å². The zero-order valence-electron chi connectivity index (χ0n) is 16.6. The molecule has 0 aromatic carbocycles. The van der Waals surface area contributed by atoms with Crippen molar-refractivity contribution >= 4 is 63.5 Å². The van der Waals surface area contributed by atoms with E-state index in [1.807, 2.05) is 23.9 Å². The molecule has 2 aliphatic heterocycles. The van der Waals surface area contributed by atoms with Gasteiger partial charge in [-0.05, 0) is 24.6 Å². The molecule has 0 atom stereocenters. The first-order valence-electron chi connectivity index (χ1n) is 9.68. The molecule has 1 amide bonds. The molecule has 2 saturated heterocycles. The van der Waals surface area contributed by atoms with Gasteiger partial charge in [0.15, 0.2) is 0 Å². The first-order valence-corrected chi connectivity index (χ1v) is 12.1. The van der Waals surface area contributed by atoms with Gasteiger partial charge in [0.25, 0.3) is 11.5 Å². The normalized spacial score (nSPS) is 18.8. The number of fused-ring (bicyclic) bond motifs is 1. The summed E-state index contributed by atoms with van der Waals surface area (Å²) in [4.78, 5) is 35.2. The molecular weight excluding hydrogens is 440 g/mol. The van der Waals surface area contributed by atoms with Gasteiger partial charge in [-0.25, -0.2) is 4.98 Å². The number of thioether (sulfide) groups is 2. The predicted octanol–water partition coefficient (Wildman–Crippen LogP) is 2.49. The molecule has 0 spiro atoms. The number of hydrogen-bond acceptors (Lipinski definition) is 8. The van der Waals surface area contributed by atoms with Crippen molar-refractivity contribution in [1.82, 2.24) is 14.3 Å². The Hall–Kier alpha value is -1.88. The number of rotatable bonds is 6. The lowest BCUT2D eigenvalue weighted by Gasteiger charge is -2.28. The van der Waals surface area contributed by atoms with E-state index in [1.165, 1.54) is 16.2 Å². The highest BCUT2D eigenvalue weighted by Gasteiger charge is 2.32. The largest absolute Gasteiger partial charge is 0.385 e. The van der Waals surface area contributed by atoms with Crippen molar-refractivity contribution in [3.63, 3.8) is 0 Å². The second-order valence-electron chi connectivity index (χ2n) is 6.86. The summed E-state index contributed by atoms with van der Waals surface area (Å²) in [7, 11) is 1.63. The summed E-state index contributed by atoms with van der Waals surface area (Å²) in [5.41, 5.74) is 0.849. The number of anilines is 1. The minimum absolute atomic E-state index is 0.168. The van der Waals surface area contributed by atoms with E-state index in [4.69, 9.17) is 21.9 Å². The molecule has 0 aliphatic carbocycles. The lowest BCUT2D eigenvalue weighted by Crippen LogP contribution is -2.36. The number of ether oxygens (including phenoxy) is 1. The number of carbonyl (C=O) groups excluding carboxylic acids is 1. The summed E-state index contributed by atoms with van der Waals surface area (Å²) in [5, 5.41) is 0. The molecule has 30 heavy (non-hydrogen) atoms. The van der Waals surface area contributed by atoms with Crippen LogP contribution in [0.25, 0.3) is 11.7 Å². The average Bonchev–Trinajstić information content (AvgIpc) is 3.03. The van der Waals surface area contributed by atoms with Crippen LogP contribution in [0.1, 0.15) is 12.0 Å². The maximum Gasteiger partial charge on any atom is 0.267 e. The van der Waals surface area contributed by atoms with Gasteiger partial charge in [0, 0.05) is 51.1 Å². The predicted molar refractivity (Wildman–Crippen MR) is 127 cm³/mol. The van der Waals surface area contributed by atoms with E-state index in [0.29, 0.717) is 45.8 Å². The van der Waals surface area contributed by atoms with Gasteiger partial charge in [0.2, 0.25) is 0 Å². The Labute approximate surface area is 188 Å². The third kappa shape index (κ3) is 4.27. The highest BCUT2D eigenvalue weighted by atomic mass is 32.2. The zero-order valence-corrected chi connectivity index (χ0v) is 19.0. The van der Waals surface area contributed by atoms with Gasteiger partial charge < -0.3 is 9.64 Å². The maximum atomic E-state index is 13.3. The second kappa shape index (κ2) is 9.51. The van der Waals surface area contributed by atoms with Gasteiger partial charge in [0.1, 0.15) is 15.8 Å². The molecule has 4 rings (SSSR count). The Morgan fingerprint density at radius 2 is 2.07 bits per heavy atom. The lowest BCUT2D eigenvalue weighted by atomic mass is 10.2. The summed E-state index contributed by atoms with van der Waals surface area (Å²) in [6, 6.07) is 5.48. The summed E-state index contributed by atoms with van der Waals surface area (Å²) >= 11 is 8.53. The molecule has 0 saturated carbocycles. The molecule has 10 heteroatoms. The number of hydrogen-bond donors (Lipinski definition) is 0. The molecule has 0 N–H and O–H groups in total. The molecule has 7 nitrogen and oxygen atoms in total. The molecule has 0 bridgehead atoms. The van der Waals surface area contributed by atoms with Crippen LogP contribution in [0.3, 0.4) is 0 Å². The van der Waals surface area contributed by atoms with Crippen molar-refractivity contribution < 1.29 is 9.53 Å². The first kappa shape index (κ1) is 21.4. The van der Waals surface area contributed by atoms with Crippen LogP contribution in [-0.2, 0) is 9.53 Å². The van der Waals surface area contributed by atoms with Crippen LogP contribution >= 0.6 is 35.7 Å². The summed E-state index contributed by atoms with van der Waals surface area (Å²) in [5.74, 6) is 2.43. The van der Waals surface area contributed by atoms with Crippen molar-refractivity contribution in [1.29, 1.82) is 0 Å². The topological polar surface area (TPSA) is 67.2 Å². The standard InChI is InChI=1S/C20H22N4O3S3/c1-27-10-4-7-24-19(26)15(30-20(24)28)13-14-17(22-8-11-29-12-9-22)21-16-5-2-3-6-23(16)18(14)25/h2-3,5-6,13H,4,7-12H2,1H3. The first-order chi connectivity index (χ1) is 14.6. The minimum Gasteiger partial charge on any atom is -0.385 e. The molecule has 2 aromatic rings. The van der Waals surface area contributed by atoms with E-state index in [-0.39, 0.29) is 11.5 Å². The summed E-state index contributed by atoms with van der Waals surface area (Å²) < 4.78 is 7.10. The lowest BCUT2D eigenvalue weighted by molar-refractivity contribution is -0.122. The SMILES string of the molecule is COCCCN1C(=O)C(=Cc2c(N3CCSCC3)nc3ccccn3c2=O)SC1=S. The van der Waals surface area contributed by atoms with E-state index in [9.17, 15) is 9.59 Å². The Kier molecular flexibility index (Phi) is 6.77.